The summed E-state index contributed by atoms with van der Waals surface area (Å²) in [4.78, 5) is 25.6. The lowest BCUT2D eigenvalue weighted by Crippen LogP contribution is -2.58. The first-order valence-electron chi connectivity index (χ1n) is 10.6. The van der Waals surface area contributed by atoms with Crippen LogP contribution in [0.1, 0.15) is 19.8 Å². The Bertz CT molecular complexity index is 975. The van der Waals surface area contributed by atoms with Crippen LogP contribution in [0.25, 0.3) is 0 Å². The predicted molar refractivity (Wildman–Crippen MR) is 113 cm³/mol. The van der Waals surface area contributed by atoms with Gasteiger partial charge in [0.15, 0.2) is 5.78 Å². The number of amides is 1. The fraction of sp³-hybridized carbons (Fsp3) is 0.478. The molecule has 4 aliphatic rings. The van der Waals surface area contributed by atoms with E-state index in [1.165, 1.54) is 6.08 Å². The number of aliphatic hydroxyl groups excluding tert-OH is 4. The molecule has 1 saturated carbocycles. The zero-order chi connectivity index (χ0) is 22.6. The van der Waals surface area contributed by atoms with Gasteiger partial charge in [0, 0.05) is 17.1 Å². The summed E-state index contributed by atoms with van der Waals surface area (Å²) in [5.41, 5.74) is 5.47. The number of ketones is 1. The number of aliphatic hydroxyl groups is 4. The number of rotatable bonds is 4. The van der Waals surface area contributed by atoms with Crippen molar-refractivity contribution in [3.63, 3.8) is 0 Å². The van der Waals surface area contributed by atoms with Crippen LogP contribution in [0, 0.1) is 29.6 Å². The average molecular weight is 428 g/mol. The molecule has 31 heavy (non-hydrogen) atoms. The Kier molecular flexibility index (Phi) is 5.31. The van der Waals surface area contributed by atoms with Crippen LogP contribution in [0.2, 0.25) is 0 Å². The van der Waals surface area contributed by atoms with E-state index < -0.39 is 41.6 Å². The summed E-state index contributed by atoms with van der Waals surface area (Å²) in [5.74, 6) is -4.58. The van der Waals surface area contributed by atoms with Crippen LogP contribution in [0.3, 0.4) is 0 Å². The van der Waals surface area contributed by atoms with Gasteiger partial charge in [-0.25, -0.2) is 0 Å². The quantitative estimate of drug-likeness (QED) is 0.371. The summed E-state index contributed by atoms with van der Waals surface area (Å²) in [6.07, 6.45) is 4.45. The molecule has 4 unspecified atom stereocenters. The van der Waals surface area contributed by atoms with Gasteiger partial charge in [-0.05, 0) is 43.2 Å². The van der Waals surface area contributed by atoms with Crippen LogP contribution in [0.15, 0.2) is 58.8 Å². The Morgan fingerprint density at radius 3 is 2.61 bits per heavy atom. The first-order valence-corrected chi connectivity index (χ1v) is 10.6. The van der Waals surface area contributed by atoms with Crippen LogP contribution in [0.5, 0.6) is 0 Å². The van der Waals surface area contributed by atoms with Crippen molar-refractivity contribution in [2.45, 2.75) is 31.9 Å². The smallest absolute Gasteiger partial charge is 0.250 e. The van der Waals surface area contributed by atoms with Crippen molar-refractivity contribution >= 4 is 11.7 Å². The van der Waals surface area contributed by atoms with Crippen molar-refractivity contribution in [2.24, 2.45) is 35.3 Å². The number of carbonyl (C=O) groups excluding carboxylic acids is 2. The number of Topliss-reactive ketones (excluding diaryl/α,β-unsaturated/α-hetero) is 1. The third kappa shape index (κ3) is 2.96. The van der Waals surface area contributed by atoms with Gasteiger partial charge < -0.3 is 31.5 Å². The zero-order valence-corrected chi connectivity index (χ0v) is 17.3. The summed E-state index contributed by atoms with van der Waals surface area (Å²) >= 11 is 0. The van der Waals surface area contributed by atoms with Crippen LogP contribution in [-0.4, -0.2) is 50.8 Å². The largest absolute Gasteiger partial charge is 0.510 e. The maximum Gasteiger partial charge on any atom is 0.250 e. The van der Waals surface area contributed by atoms with E-state index in [0.29, 0.717) is 25.0 Å². The minimum atomic E-state index is -1.58. The molecule has 0 heterocycles. The molecule has 4 rings (SSSR count). The summed E-state index contributed by atoms with van der Waals surface area (Å²) in [7, 11) is 0. The second kappa shape index (κ2) is 7.69. The molecular formula is C23H28N2O6. The van der Waals surface area contributed by atoms with Crippen molar-refractivity contribution < 1.29 is 30.0 Å². The first-order chi connectivity index (χ1) is 14.7. The van der Waals surface area contributed by atoms with Crippen molar-refractivity contribution in [3.8, 4) is 0 Å². The molecule has 1 fully saturated rings. The van der Waals surface area contributed by atoms with E-state index in [4.69, 9.17) is 5.73 Å². The summed E-state index contributed by atoms with van der Waals surface area (Å²) < 4.78 is 0. The van der Waals surface area contributed by atoms with E-state index in [1.807, 2.05) is 13.0 Å². The predicted octanol–water partition coefficient (Wildman–Crippen LogP) is 1.47. The maximum atomic E-state index is 13.7. The molecule has 4 aliphatic carbocycles. The van der Waals surface area contributed by atoms with Crippen molar-refractivity contribution in [3.05, 3.63) is 58.8 Å². The van der Waals surface area contributed by atoms with Crippen molar-refractivity contribution in [2.75, 3.05) is 6.54 Å². The molecule has 0 aromatic rings. The van der Waals surface area contributed by atoms with Gasteiger partial charge in [-0.1, -0.05) is 19.1 Å². The van der Waals surface area contributed by atoms with Gasteiger partial charge in [-0.3, -0.25) is 9.59 Å². The lowest BCUT2D eigenvalue weighted by atomic mass is 9.54. The molecule has 8 nitrogen and oxygen atoms in total. The van der Waals surface area contributed by atoms with Crippen LogP contribution in [-0.2, 0) is 9.59 Å². The van der Waals surface area contributed by atoms with Gasteiger partial charge >= 0.3 is 0 Å². The van der Waals surface area contributed by atoms with E-state index >= 15 is 0 Å². The molecule has 0 bridgehead atoms. The van der Waals surface area contributed by atoms with E-state index in [-0.39, 0.29) is 40.3 Å². The normalized spacial score (nSPS) is 37.4. The lowest BCUT2D eigenvalue weighted by Gasteiger charge is -2.50. The van der Waals surface area contributed by atoms with Gasteiger partial charge in [-0.2, -0.15) is 0 Å². The van der Waals surface area contributed by atoms with Gasteiger partial charge in [0.05, 0.1) is 23.6 Å². The number of nitrogens with one attached hydrogen (secondary N) is 1. The molecule has 0 aromatic heterocycles. The second-order valence-electron chi connectivity index (χ2n) is 8.66. The van der Waals surface area contributed by atoms with E-state index in [9.17, 15) is 30.0 Å². The monoisotopic (exact) mass is 428 g/mol. The van der Waals surface area contributed by atoms with Gasteiger partial charge in [0.1, 0.15) is 17.3 Å². The second-order valence-corrected chi connectivity index (χ2v) is 8.66. The third-order valence-electron chi connectivity index (χ3n) is 7.27. The van der Waals surface area contributed by atoms with E-state index in [2.05, 4.69) is 11.9 Å². The van der Waals surface area contributed by atoms with E-state index in [0.717, 1.165) is 0 Å². The Labute approximate surface area is 180 Å². The van der Waals surface area contributed by atoms with Crippen LogP contribution >= 0.6 is 0 Å². The highest BCUT2D eigenvalue weighted by molar-refractivity contribution is 6.03. The van der Waals surface area contributed by atoms with Crippen molar-refractivity contribution in [1.82, 2.24) is 5.32 Å². The molecule has 7 N–H and O–H groups in total. The first kappa shape index (κ1) is 21.4. The van der Waals surface area contributed by atoms with E-state index in [1.54, 1.807) is 6.08 Å². The van der Waals surface area contributed by atoms with Gasteiger partial charge in [0.25, 0.3) is 5.91 Å². The highest BCUT2D eigenvalue weighted by atomic mass is 16.3. The van der Waals surface area contributed by atoms with Crippen molar-refractivity contribution in [1.29, 1.82) is 0 Å². The molecule has 0 aliphatic heterocycles. The minimum absolute atomic E-state index is 0.0912. The number of hydrogen-bond donors (Lipinski definition) is 6. The SMILES string of the molecule is C=C[C@H]1C2CC=CC(O)=C2C(O)=C2C(=O)C3C(O)C(C(N)=O)=C(O)[C@@H](NCC)[C@@H]3CC21. The number of fused-ring (bicyclic) bond motifs is 3. The van der Waals surface area contributed by atoms with Gasteiger partial charge in [-0.15, -0.1) is 6.58 Å². The number of likely N-dealkylation sites (N-methyl/N-ethyl adjacent to an activating group) is 1. The lowest BCUT2D eigenvalue weighted by molar-refractivity contribution is -0.131. The highest BCUT2D eigenvalue weighted by Gasteiger charge is 2.57. The Morgan fingerprint density at radius 1 is 1.29 bits per heavy atom. The van der Waals surface area contributed by atoms with Crippen LogP contribution in [0.4, 0.5) is 0 Å². The Balaban J connectivity index is 1.89. The standard InChI is InChI=1S/C23H28N2O6/c1-3-9-10-6-5-7-13(26)14(10)19(27)15-11(9)8-12-16(20(15)28)21(29)17(23(24)31)22(30)18(12)25-4-2/h3,5,7,9-12,16,18,21,25-27,29-30H,1,4,6,8H2,2H3,(H2,24,31)/t9-,10?,11?,12+,16?,18-,21?/m0/s1. The molecule has 166 valence electrons. The fourth-order valence-electron chi connectivity index (χ4n) is 6.04. The number of hydrogen-bond acceptors (Lipinski definition) is 7. The molecule has 0 radical (unpaired) electrons. The minimum Gasteiger partial charge on any atom is -0.510 e. The molecule has 1 amide bonds. The number of primary amides is 1. The maximum absolute atomic E-state index is 13.7. The molecule has 8 heteroatoms. The molecule has 7 atom stereocenters. The zero-order valence-electron chi connectivity index (χ0n) is 17.3. The number of carbonyl (C=O) groups is 2. The molecule has 0 aromatic carbocycles. The van der Waals surface area contributed by atoms with Crippen LogP contribution < -0.4 is 11.1 Å². The fourth-order valence-corrected chi connectivity index (χ4v) is 6.04. The number of allylic oxidation sites excluding steroid dienone is 5. The molecule has 0 spiro atoms. The Morgan fingerprint density at radius 2 is 2.00 bits per heavy atom. The molecule has 0 saturated heterocycles. The highest BCUT2D eigenvalue weighted by Crippen LogP contribution is 2.54. The molecular weight excluding hydrogens is 400 g/mol. The topological polar surface area (TPSA) is 153 Å². The Hall–Kier alpha value is -2.84. The summed E-state index contributed by atoms with van der Waals surface area (Å²) in [5, 5.41) is 46.2. The van der Waals surface area contributed by atoms with Gasteiger partial charge in [0.2, 0.25) is 0 Å². The third-order valence-corrected chi connectivity index (χ3v) is 7.27. The number of nitrogens with two attached hydrogens (primary N) is 1. The average Bonchev–Trinajstić information content (AvgIpc) is 2.70. The summed E-state index contributed by atoms with van der Waals surface area (Å²) in [6.45, 7) is 6.24. The summed E-state index contributed by atoms with van der Waals surface area (Å²) in [6, 6.07) is -0.726.